The topological polar surface area (TPSA) is 12.0 Å². The van der Waals surface area contributed by atoms with Crippen molar-refractivity contribution in [1.29, 1.82) is 0 Å². The van der Waals surface area contributed by atoms with Gasteiger partial charge >= 0.3 is 0 Å². The molecule has 0 saturated carbocycles. The van der Waals surface area contributed by atoms with E-state index in [0.29, 0.717) is 12.1 Å². The molecule has 0 fully saturated rings. The Hall–Kier alpha value is -0.830. The lowest BCUT2D eigenvalue weighted by molar-refractivity contribution is 0.443. The number of rotatable bonds is 6. The van der Waals surface area contributed by atoms with Crippen molar-refractivity contribution in [3.8, 4) is 0 Å². The van der Waals surface area contributed by atoms with E-state index in [2.05, 4.69) is 65.4 Å². The predicted octanol–water partition coefficient (Wildman–Crippen LogP) is 5.77. The Balaban J connectivity index is 2.01. The van der Waals surface area contributed by atoms with Gasteiger partial charge in [0.1, 0.15) is 0 Å². The Kier molecular flexibility index (Phi) is 6.28. The Labute approximate surface area is 140 Å². The van der Waals surface area contributed by atoms with Crippen LogP contribution in [0.3, 0.4) is 0 Å². The molecule has 0 spiro atoms. The van der Waals surface area contributed by atoms with Crippen molar-refractivity contribution in [3.05, 3.63) is 69.2 Å². The van der Waals surface area contributed by atoms with E-state index in [1.807, 2.05) is 18.2 Å². The molecular weight excluding hydrogens is 346 g/mol. The molecule has 2 aromatic carbocycles. The van der Waals surface area contributed by atoms with Crippen LogP contribution in [0, 0.1) is 0 Å². The largest absolute Gasteiger partial charge is 0.307 e. The molecule has 0 aromatic heterocycles. The molecule has 0 aliphatic heterocycles. The molecule has 1 N–H and O–H groups in total. The van der Waals surface area contributed by atoms with E-state index < -0.39 is 0 Å². The molecule has 112 valence electrons. The normalized spacial score (nSPS) is 13.9. The summed E-state index contributed by atoms with van der Waals surface area (Å²) in [5, 5.41) is 4.55. The minimum Gasteiger partial charge on any atom is -0.307 e. The van der Waals surface area contributed by atoms with Gasteiger partial charge in [-0.25, -0.2) is 0 Å². The second-order valence-corrected chi connectivity index (χ2v) is 6.70. The van der Waals surface area contributed by atoms with Crippen molar-refractivity contribution in [2.45, 2.75) is 38.8 Å². The smallest absolute Gasteiger partial charge is 0.0438 e. The van der Waals surface area contributed by atoms with Gasteiger partial charge in [-0.3, -0.25) is 0 Å². The highest BCUT2D eigenvalue weighted by molar-refractivity contribution is 9.10. The van der Waals surface area contributed by atoms with Gasteiger partial charge in [0, 0.05) is 21.6 Å². The third-order valence-corrected chi connectivity index (χ3v) is 4.55. The second kappa shape index (κ2) is 7.98. The third-order valence-electron chi connectivity index (χ3n) is 3.65. The first kappa shape index (κ1) is 16.5. The zero-order valence-corrected chi connectivity index (χ0v) is 14.8. The van der Waals surface area contributed by atoms with Gasteiger partial charge in [0.25, 0.3) is 0 Å². The fraction of sp³-hybridized carbons (Fsp3) is 0.333. The summed E-state index contributed by atoms with van der Waals surface area (Å²) in [5.74, 6) is 0. The van der Waals surface area contributed by atoms with E-state index >= 15 is 0 Å². The SMILES string of the molecule is CCC(NC(C)Cc1ccccc1Cl)c1ccc(Br)cc1. The van der Waals surface area contributed by atoms with E-state index in [0.717, 1.165) is 22.3 Å². The highest BCUT2D eigenvalue weighted by Gasteiger charge is 2.13. The van der Waals surface area contributed by atoms with Crippen LogP contribution in [0.25, 0.3) is 0 Å². The van der Waals surface area contributed by atoms with Crippen LogP contribution in [0.1, 0.15) is 37.4 Å². The summed E-state index contributed by atoms with van der Waals surface area (Å²) >= 11 is 9.72. The van der Waals surface area contributed by atoms with Crippen LogP contribution in [0.15, 0.2) is 53.0 Å². The molecule has 0 bridgehead atoms. The molecule has 2 rings (SSSR count). The van der Waals surface area contributed by atoms with Gasteiger partial charge in [0.15, 0.2) is 0 Å². The maximum absolute atomic E-state index is 6.24. The summed E-state index contributed by atoms with van der Waals surface area (Å²) in [4.78, 5) is 0. The lowest BCUT2D eigenvalue weighted by Gasteiger charge is -2.23. The van der Waals surface area contributed by atoms with Crippen LogP contribution in [-0.4, -0.2) is 6.04 Å². The van der Waals surface area contributed by atoms with Gasteiger partial charge in [-0.2, -0.15) is 0 Å². The van der Waals surface area contributed by atoms with Crippen LogP contribution in [0.4, 0.5) is 0 Å². The summed E-state index contributed by atoms with van der Waals surface area (Å²) < 4.78 is 1.12. The van der Waals surface area contributed by atoms with Crippen LogP contribution < -0.4 is 5.32 Å². The second-order valence-electron chi connectivity index (χ2n) is 5.38. The molecule has 0 saturated heterocycles. The van der Waals surface area contributed by atoms with E-state index in [1.165, 1.54) is 11.1 Å². The Morgan fingerprint density at radius 1 is 1.10 bits per heavy atom. The van der Waals surface area contributed by atoms with Crippen LogP contribution in [0.5, 0.6) is 0 Å². The highest BCUT2D eigenvalue weighted by Crippen LogP contribution is 2.22. The molecule has 1 nitrogen and oxygen atoms in total. The van der Waals surface area contributed by atoms with Crippen molar-refractivity contribution < 1.29 is 0 Å². The maximum Gasteiger partial charge on any atom is 0.0438 e. The first-order chi connectivity index (χ1) is 10.1. The Morgan fingerprint density at radius 2 is 1.76 bits per heavy atom. The van der Waals surface area contributed by atoms with Gasteiger partial charge in [0.2, 0.25) is 0 Å². The van der Waals surface area contributed by atoms with Crippen LogP contribution >= 0.6 is 27.5 Å². The van der Waals surface area contributed by atoms with Crippen LogP contribution in [-0.2, 0) is 6.42 Å². The molecule has 0 radical (unpaired) electrons. The molecule has 2 unspecified atom stereocenters. The van der Waals surface area contributed by atoms with Crippen molar-refractivity contribution in [2.24, 2.45) is 0 Å². The molecular formula is C18H21BrClN. The number of benzene rings is 2. The average molecular weight is 367 g/mol. The number of halogens is 2. The van der Waals surface area contributed by atoms with Crippen molar-refractivity contribution in [3.63, 3.8) is 0 Å². The fourth-order valence-corrected chi connectivity index (χ4v) is 3.02. The summed E-state index contributed by atoms with van der Waals surface area (Å²) in [5.41, 5.74) is 2.52. The number of hydrogen-bond acceptors (Lipinski definition) is 1. The molecule has 21 heavy (non-hydrogen) atoms. The lowest BCUT2D eigenvalue weighted by Crippen LogP contribution is -2.32. The average Bonchev–Trinajstić information content (AvgIpc) is 2.48. The lowest BCUT2D eigenvalue weighted by atomic mass is 10.0. The molecule has 0 aliphatic rings. The van der Waals surface area contributed by atoms with Gasteiger partial charge in [-0.05, 0) is 49.1 Å². The minimum atomic E-state index is 0.371. The standard InChI is InChI=1S/C18H21BrClN/c1-3-18(14-8-10-16(19)11-9-14)21-13(2)12-15-6-4-5-7-17(15)20/h4-11,13,18,21H,3,12H2,1-2H3. The molecule has 0 aliphatic carbocycles. The quantitative estimate of drug-likeness (QED) is 0.684. The highest BCUT2D eigenvalue weighted by atomic mass is 79.9. The van der Waals surface area contributed by atoms with E-state index in [4.69, 9.17) is 11.6 Å². The number of hydrogen-bond donors (Lipinski definition) is 1. The number of nitrogens with one attached hydrogen (secondary N) is 1. The molecule has 0 amide bonds. The van der Waals surface area contributed by atoms with Gasteiger partial charge in [-0.15, -0.1) is 0 Å². The summed E-state index contributed by atoms with van der Waals surface area (Å²) in [7, 11) is 0. The monoisotopic (exact) mass is 365 g/mol. The summed E-state index contributed by atoms with van der Waals surface area (Å²) in [6.45, 7) is 4.42. The summed E-state index contributed by atoms with van der Waals surface area (Å²) in [6, 6.07) is 17.4. The third kappa shape index (κ3) is 4.84. The first-order valence-electron chi connectivity index (χ1n) is 7.35. The zero-order chi connectivity index (χ0) is 15.2. The zero-order valence-electron chi connectivity index (χ0n) is 12.4. The first-order valence-corrected chi connectivity index (χ1v) is 8.52. The van der Waals surface area contributed by atoms with E-state index in [1.54, 1.807) is 0 Å². The van der Waals surface area contributed by atoms with E-state index in [9.17, 15) is 0 Å². The van der Waals surface area contributed by atoms with E-state index in [-0.39, 0.29) is 0 Å². The van der Waals surface area contributed by atoms with Crippen molar-refractivity contribution >= 4 is 27.5 Å². The Bertz CT molecular complexity index is 568. The van der Waals surface area contributed by atoms with Crippen LogP contribution in [0.2, 0.25) is 5.02 Å². The predicted molar refractivity (Wildman–Crippen MR) is 94.9 cm³/mol. The minimum absolute atomic E-state index is 0.371. The molecule has 0 heterocycles. The van der Waals surface area contributed by atoms with Crippen molar-refractivity contribution in [1.82, 2.24) is 5.32 Å². The fourth-order valence-electron chi connectivity index (χ4n) is 2.54. The molecule has 3 heteroatoms. The Morgan fingerprint density at radius 3 is 2.38 bits per heavy atom. The van der Waals surface area contributed by atoms with Crippen molar-refractivity contribution in [2.75, 3.05) is 0 Å². The van der Waals surface area contributed by atoms with Gasteiger partial charge < -0.3 is 5.32 Å². The van der Waals surface area contributed by atoms with Gasteiger partial charge in [-0.1, -0.05) is 64.8 Å². The maximum atomic E-state index is 6.24. The molecule has 2 atom stereocenters. The summed E-state index contributed by atoms with van der Waals surface area (Å²) in [6.07, 6.45) is 2.00. The van der Waals surface area contributed by atoms with Gasteiger partial charge in [0.05, 0.1) is 0 Å². The molecule has 2 aromatic rings.